The van der Waals surface area contributed by atoms with Crippen LogP contribution >= 0.6 is 0 Å². The first-order valence-electron chi connectivity index (χ1n) is 7.50. The van der Waals surface area contributed by atoms with Crippen LogP contribution in [0.25, 0.3) is 0 Å². The summed E-state index contributed by atoms with van der Waals surface area (Å²) in [5.74, 6) is 1.75. The van der Waals surface area contributed by atoms with Crippen molar-refractivity contribution in [2.24, 2.45) is 0 Å². The predicted octanol–water partition coefficient (Wildman–Crippen LogP) is 2.69. The highest BCUT2D eigenvalue weighted by molar-refractivity contribution is 5.27. The summed E-state index contributed by atoms with van der Waals surface area (Å²) in [5, 5.41) is 0. The molecule has 23 heavy (non-hydrogen) atoms. The van der Waals surface area contributed by atoms with Crippen molar-refractivity contribution in [3.8, 4) is 11.5 Å². The van der Waals surface area contributed by atoms with Gasteiger partial charge in [0, 0.05) is 0 Å². The molecule has 1 heterocycles. The highest BCUT2D eigenvalue weighted by atomic mass is 16.5. The van der Waals surface area contributed by atoms with Crippen LogP contribution in [0.3, 0.4) is 0 Å². The third kappa shape index (κ3) is 3.92. The molecule has 0 amide bonds. The second-order valence-corrected chi connectivity index (χ2v) is 5.35. The third-order valence-electron chi connectivity index (χ3n) is 3.71. The maximum atomic E-state index is 5.18. The Morgan fingerprint density at radius 2 is 1.43 bits per heavy atom. The van der Waals surface area contributed by atoms with Crippen molar-refractivity contribution in [1.82, 2.24) is 4.57 Å². The first-order chi connectivity index (χ1) is 11.3. The Morgan fingerprint density at radius 1 is 0.870 bits per heavy atom. The van der Waals surface area contributed by atoms with Crippen molar-refractivity contribution >= 4 is 0 Å². The Balaban J connectivity index is 1.64. The van der Waals surface area contributed by atoms with Gasteiger partial charge < -0.3 is 18.6 Å². The molecule has 4 nitrogen and oxygen atoms in total. The largest absolute Gasteiger partial charge is 0.497 e. The molecule has 0 aliphatic carbocycles. The molecule has 3 aromatic rings. The number of imidazole rings is 1. The van der Waals surface area contributed by atoms with Crippen LogP contribution in [0.5, 0.6) is 11.5 Å². The fourth-order valence-corrected chi connectivity index (χ4v) is 2.42. The Morgan fingerprint density at radius 3 is 2.00 bits per heavy atom. The molecule has 0 radical (unpaired) electrons. The van der Waals surface area contributed by atoms with Gasteiger partial charge in [0.1, 0.15) is 11.5 Å². The molecule has 0 atom stereocenters. The van der Waals surface area contributed by atoms with E-state index in [1.54, 1.807) is 14.2 Å². The lowest BCUT2D eigenvalue weighted by Gasteiger charge is -2.05. The zero-order chi connectivity index (χ0) is 16.1. The quantitative estimate of drug-likeness (QED) is 0.517. The lowest BCUT2D eigenvalue weighted by atomic mass is 10.2. The topological polar surface area (TPSA) is 27.3 Å². The zero-order valence-corrected chi connectivity index (χ0v) is 13.4. The van der Waals surface area contributed by atoms with Crippen molar-refractivity contribution in [2.45, 2.75) is 13.1 Å². The molecule has 2 aromatic carbocycles. The van der Waals surface area contributed by atoms with Crippen LogP contribution in [0.2, 0.25) is 0 Å². The van der Waals surface area contributed by atoms with E-state index in [4.69, 9.17) is 9.47 Å². The van der Waals surface area contributed by atoms with Gasteiger partial charge in [0.15, 0.2) is 0 Å². The van der Waals surface area contributed by atoms with E-state index < -0.39 is 0 Å². The molecule has 0 fully saturated rings. The van der Waals surface area contributed by atoms with Crippen LogP contribution in [0, 0.1) is 6.33 Å². The minimum atomic E-state index is 0.791. The molecule has 0 N–H and O–H groups in total. The molecule has 1 aromatic heterocycles. The summed E-state index contributed by atoms with van der Waals surface area (Å²) in [7, 11) is 3.35. The third-order valence-corrected chi connectivity index (χ3v) is 3.71. The fourth-order valence-electron chi connectivity index (χ4n) is 2.42. The Kier molecular flexibility index (Phi) is 4.62. The molecule has 0 unspecified atom stereocenters. The summed E-state index contributed by atoms with van der Waals surface area (Å²) in [6, 6.07) is 16.2. The summed E-state index contributed by atoms with van der Waals surface area (Å²) < 4.78 is 14.5. The van der Waals surface area contributed by atoms with Gasteiger partial charge in [-0.25, -0.2) is 0 Å². The van der Waals surface area contributed by atoms with Gasteiger partial charge in [-0.2, -0.15) is 0 Å². The average molecular weight is 308 g/mol. The van der Waals surface area contributed by atoms with Gasteiger partial charge in [-0.1, -0.05) is 24.3 Å². The first kappa shape index (κ1) is 15.2. The lowest BCUT2D eigenvalue weighted by Crippen LogP contribution is -2.32. The van der Waals surface area contributed by atoms with Crippen LogP contribution < -0.4 is 14.0 Å². The van der Waals surface area contributed by atoms with E-state index >= 15 is 0 Å². The average Bonchev–Trinajstić information content (AvgIpc) is 3.03. The molecule has 118 valence electrons. The van der Waals surface area contributed by atoms with Crippen LogP contribution in [-0.4, -0.2) is 18.8 Å². The maximum Gasteiger partial charge on any atom is 0.204 e. The Bertz CT molecular complexity index is 682. The molecule has 3 rings (SSSR count). The van der Waals surface area contributed by atoms with Crippen LogP contribution in [0.1, 0.15) is 11.1 Å². The number of hydrogen-bond acceptors (Lipinski definition) is 2. The van der Waals surface area contributed by atoms with Crippen molar-refractivity contribution in [3.05, 3.63) is 78.4 Å². The van der Waals surface area contributed by atoms with Crippen molar-refractivity contribution in [2.75, 3.05) is 14.2 Å². The standard InChI is InChI=1S/C19H20N2O2/c1-22-18-7-3-16(4-8-18)13-20-11-12-21(15-20)14-17-5-9-19(23-2)10-6-17/h3-12H,13-14H2,1-2H3. The molecule has 0 aliphatic rings. The van der Waals surface area contributed by atoms with Gasteiger partial charge in [-0.3, -0.25) is 0 Å². The van der Waals surface area contributed by atoms with E-state index in [-0.39, 0.29) is 0 Å². The Labute approximate surface area is 136 Å². The number of aromatic nitrogens is 2. The van der Waals surface area contributed by atoms with Crippen molar-refractivity contribution in [3.63, 3.8) is 0 Å². The molecule has 0 saturated carbocycles. The zero-order valence-electron chi connectivity index (χ0n) is 13.4. The number of benzene rings is 2. The molecule has 0 spiro atoms. The first-order valence-corrected chi connectivity index (χ1v) is 7.50. The van der Waals surface area contributed by atoms with Crippen LogP contribution in [0.4, 0.5) is 0 Å². The highest BCUT2D eigenvalue weighted by Crippen LogP contribution is 2.12. The molecule has 4 heteroatoms. The lowest BCUT2D eigenvalue weighted by molar-refractivity contribution is -0.692. The summed E-state index contributed by atoms with van der Waals surface area (Å²) in [5.41, 5.74) is 2.43. The van der Waals surface area contributed by atoms with E-state index in [2.05, 4.69) is 30.6 Å². The molecular weight excluding hydrogens is 288 g/mol. The number of hydrogen-bond donors (Lipinski definition) is 0. The fraction of sp³-hybridized carbons (Fsp3) is 0.211. The number of nitrogens with zero attached hydrogens (tertiary/aromatic N) is 2. The number of methoxy groups -OCH3 is 2. The molecule has 0 saturated heterocycles. The summed E-state index contributed by atoms with van der Waals surface area (Å²) in [6.07, 6.45) is 7.41. The van der Waals surface area contributed by atoms with E-state index in [1.165, 1.54) is 11.1 Å². The van der Waals surface area contributed by atoms with Crippen molar-refractivity contribution < 1.29 is 14.0 Å². The predicted molar refractivity (Wildman–Crippen MR) is 87.7 cm³/mol. The second kappa shape index (κ2) is 7.01. The second-order valence-electron chi connectivity index (χ2n) is 5.35. The van der Waals surface area contributed by atoms with E-state index in [0.717, 1.165) is 24.6 Å². The maximum absolute atomic E-state index is 5.18. The van der Waals surface area contributed by atoms with E-state index in [0.29, 0.717) is 0 Å². The molecular formula is C19H20N2O2. The summed E-state index contributed by atoms with van der Waals surface area (Å²) >= 11 is 0. The molecule has 0 aliphatic heterocycles. The van der Waals surface area contributed by atoms with E-state index in [9.17, 15) is 0 Å². The normalized spacial score (nSPS) is 10.5. The van der Waals surface area contributed by atoms with Gasteiger partial charge in [-0.05, 0) is 47.8 Å². The summed E-state index contributed by atoms with van der Waals surface area (Å²) in [6.45, 7) is 1.58. The molecule has 0 bridgehead atoms. The van der Waals surface area contributed by atoms with Crippen LogP contribution in [0.15, 0.2) is 60.9 Å². The summed E-state index contributed by atoms with van der Waals surface area (Å²) in [4.78, 5) is 0. The minimum Gasteiger partial charge on any atom is -0.497 e. The minimum absolute atomic E-state index is 0.791. The van der Waals surface area contributed by atoms with Gasteiger partial charge in [-0.15, -0.1) is 0 Å². The van der Waals surface area contributed by atoms with Crippen LogP contribution in [-0.2, 0) is 13.1 Å². The Hall–Kier alpha value is -2.75. The van der Waals surface area contributed by atoms with Gasteiger partial charge in [0.25, 0.3) is 0 Å². The SMILES string of the molecule is COc1ccc(Cn2[c-][n+](Cc3ccc(OC)cc3)cc2)cc1. The van der Waals surface area contributed by atoms with Gasteiger partial charge >= 0.3 is 0 Å². The smallest absolute Gasteiger partial charge is 0.204 e. The highest BCUT2D eigenvalue weighted by Gasteiger charge is 2.01. The number of rotatable bonds is 6. The van der Waals surface area contributed by atoms with Gasteiger partial charge in [0.05, 0.1) is 27.3 Å². The monoisotopic (exact) mass is 308 g/mol. The van der Waals surface area contributed by atoms with Gasteiger partial charge in [0.2, 0.25) is 6.33 Å². The van der Waals surface area contributed by atoms with Crippen molar-refractivity contribution in [1.29, 1.82) is 0 Å². The number of ether oxygens (including phenoxy) is 2. The van der Waals surface area contributed by atoms with E-state index in [1.807, 2.05) is 45.8 Å².